The normalized spacial score (nSPS) is 20.4. The molecule has 1 fully saturated rings. The molecule has 1 aromatic rings. The van der Waals surface area contributed by atoms with Crippen molar-refractivity contribution in [1.29, 1.82) is 0 Å². The van der Waals surface area contributed by atoms with Gasteiger partial charge in [0.2, 0.25) is 0 Å². The largest absolute Gasteiger partial charge is 0.396 e. The molecule has 1 saturated heterocycles. The van der Waals surface area contributed by atoms with Gasteiger partial charge in [-0.25, -0.2) is 0 Å². The summed E-state index contributed by atoms with van der Waals surface area (Å²) in [6.45, 7) is 3.77. The zero-order valence-corrected chi connectivity index (χ0v) is 10.3. The molecule has 0 spiro atoms. The SMILES string of the molecule is CCc1ccc(C(=O)N2CCC(CO)C2)s1. The molecule has 3 nitrogen and oxygen atoms in total. The Morgan fingerprint density at radius 3 is 3.00 bits per heavy atom. The van der Waals surface area contributed by atoms with E-state index < -0.39 is 0 Å². The van der Waals surface area contributed by atoms with Crippen LogP contribution in [0.4, 0.5) is 0 Å². The van der Waals surface area contributed by atoms with Gasteiger partial charge in [-0.1, -0.05) is 6.92 Å². The van der Waals surface area contributed by atoms with E-state index in [1.807, 2.05) is 17.0 Å². The fourth-order valence-corrected chi connectivity index (χ4v) is 2.92. The molecule has 1 N–H and O–H groups in total. The lowest BCUT2D eigenvalue weighted by Crippen LogP contribution is -2.28. The summed E-state index contributed by atoms with van der Waals surface area (Å²) in [6.07, 6.45) is 1.91. The number of thiophene rings is 1. The molecule has 0 saturated carbocycles. The number of carbonyl (C=O) groups excluding carboxylic acids is 1. The molecule has 1 aliphatic rings. The van der Waals surface area contributed by atoms with Crippen LogP contribution in [0.1, 0.15) is 27.9 Å². The van der Waals surface area contributed by atoms with Crippen LogP contribution in [0.5, 0.6) is 0 Å². The molecular formula is C12H17NO2S. The van der Waals surface area contributed by atoms with Crippen LogP contribution in [0, 0.1) is 5.92 Å². The highest BCUT2D eigenvalue weighted by molar-refractivity contribution is 7.14. The number of nitrogens with zero attached hydrogens (tertiary/aromatic N) is 1. The number of aliphatic hydroxyl groups excluding tert-OH is 1. The van der Waals surface area contributed by atoms with Gasteiger partial charge in [-0.15, -0.1) is 11.3 Å². The number of hydrogen-bond donors (Lipinski definition) is 1. The maximum Gasteiger partial charge on any atom is 0.263 e. The van der Waals surface area contributed by atoms with Gasteiger partial charge < -0.3 is 10.0 Å². The van der Waals surface area contributed by atoms with Gasteiger partial charge in [0.1, 0.15) is 0 Å². The minimum atomic E-state index is 0.126. The number of rotatable bonds is 3. The third kappa shape index (κ3) is 2.28. The lowest BCUT2D eigenvalue weighted by molar-refractivity contribution is 0.0786. The van der Waals surface area contributed by atoms with E-state index in [-0.39, 0.29) is 18.4 Å². The van der Waals surface area contributed by atoms with Crippen molar-refractivity contribution in [3.63, 3.8) is 0 Å². The summed E-state index contributed by atoms with van der Waals surface area (Å²) in [4.78, 5) is 16.0. The highest BCUT2D eigenvalue weighted by Gasteiger charge is 2.26. The minimum Gasteiger partial charge on any atom is -0.396 e. The van der Waals surface area contributed by atoms with Crippen molar-refractivity contribution in [1.82, 2.24) is 4.90 Å². The van der Waals surface area contributed by atoms with Crippen LogP contribution in [-0.2, 0) is 6.42 Å². The quantitative estimate of drug-likeness (QED) is 0.873. The second kappa shape index (κ2) is 4.97. The average Bonchev–Trinajstić information content (AvgIpc) is 2.97. The van der Waals surface area contributed by atoms with Gasteiger partial charge in [-0.2, -0.15) is 0 Å². The van der Waals surface area contributed by atoms with Crippen molar-refractivity contribution in [3.05, 3.63) is 21.9 Å². The minimum absolute atomic E-state index is 0.126. The number of likely N-dealkylation sites (tertiary alicyclic amines) is 1. The second-order valence-corrected chi connectivity index (χ2v) is 5.38. The Bertz CT molecular complexity index is 375. The van der Waals surface area contributed by atoms with Gasteiger partial charge in [0, 0.05) is 30.5 Å². The Kier molecular flexibility index (Phi) is 3.61. The van der Waals surface area contributed by atoms with Crippen molar-refractivity contribution in [2.24, 2.45) is 5.92 Å². The van der Waals surface area contributed by atoms with Gasteiger partial charge in [0.25, 0.3) is 5.91 Å². The molecule has 1 aliphatic heterocycles. The summed E-state index contributed by atoms with van der Waals surface area (Å²) >= 11 is 1.58. The van der Waals surface area contributed by atoms with E-state index in [9.17, 15) is 4.79 Å². The standard InChI is InChI=1S/C12H17NO2S/c1-2-10-3-4-11(16-10)12(15)13-6-5-9(7-13)8-14/h3-4,9,14H,2,5-8H2,1H3. The van der Waals surface area contributed by atoms with Gasteiger partial charge in [0.15, 0.2) is 0 Å². The van der Waals surface area contributed by atoms with Crippen molar-refractivity contribution < 1.29 is 9.90 Å². The smallest absolute Gasteiger partial charge is 0.263 e. The van der Waals surface area contributed by atoms with E-state index in [2.05, 4.69) is 6.92 Å². The van der Waals surface area contributed by atoms with E-state index in [1.54, 1.807) is 11.3 Å². The molecule has 1 atom stereocenters. The molecule has 0 aromatic carbocycles. The molecule has 2 heterocycles. The summed E-state index contributed by atoms with van der Waals surface area (Å²) < 4.78 is 0. The van der Waals surface area contributed by atoms with Gasteiger partial charge >= 0.3 is 0 Å². The van der Waals surface area contributed by atoms with Gasteiger partial charge in [-0.3, -0.25) is 4.79 Å². The maximum atomic E-state index is 12.1. The first-order valence-electron chi connectivity index (χ1n) is 5.73. The Labute approximate surface area is 99.7 Å². The van der Waals surface area contributed by atoms with Crippen LogP contribution in [0.15, 0.2) is 12.1 Å². The lowest BCUT2D eigenvalue weighted by atomic mass is 10.1. The first-order chi connectivity index (χ1) is 7.74. The molecule has 1 aromatic heterocycles. The summed E-state index contributed by atoms with van der Waals surface area (Å²) in [5.74, 6) is 0.398. The summed E-state index contributed by atoms with van der Waals surface area (Å²) in [6, 6.07) is 3.94. The molecule has 88 valence electrons. The third-order valence-electron chi connectivity index (χ3n) is 3.05. The van der Waals surface area contributed by atoms with Gasteiger partial charge in [-0.05, 0) is 25.0 Å². The Morgan fingerprint density at radius 1 is 1.62 bits per heavy atom. The zero-order chi connectivity index (χ0) is 11.5. The number of amides is 1. The van der Waals surface area contributed by atoms with E-state index in [4.69, 9.17) is 5.11 Å². The first kappa shape index (κ1) is 11.6. The fraction of sp³-hybridized carbons (Fsp3) is 0.583. The summed E-state index contributed by atoms with van der Waals surface area (Å²) in [5, 5.41) is 9.04. The van der Waals surface area contributed by atoms with Crippen molar-refractivity contribution in [2.45, 2.75) is 19.8 Å². The van der Waals surface area contributed by atoms with E-state index in [1.165, 1.54) is 4.88 Å². The van der Waals surface area contributed by atoms with Crippen LogP contribution in [-0.4, -0.2) is 35.6 Å². The predicted molar refractivity (Wildman–Crippen MR) is 64.8 cm³/mol. The topological polar surface area (TPSA) is 40.5 Å². The molecule has 1 amide bonds. The number of aryl methyl sites for hydroxylation is 1. The lowest BCUT2D eigenvalue weighted by Gasteiger charge is -2.14. The van der Waals surface area contributed by atoms with Crippen LogP contribution in [0.2, 0.25) is 0 Å². The van der Waals surface area contributed by atoms with Crippen LogP contribution in [0.3, 0.4) is 0 Å². The Hall–Kier alpha value is -0.870. The molecule has 4 heteroatoms. The second-order valence-electron chi connectivity index (χ2n) is 4.21. The van der Waals surface area contributed by atoms with Crippen LogP contribution in [0.25, 0.3) is 0 Å². The zero-order valence-electron chi connectivity index (χ0n) is 9.48. The Balaban J connectivity index is 2.02. The van der Waals surface area contributed by atoms with E-state index >= 15 is 0 Å². The van der Waals surface area contributed by atoms with Gasteiger partial charge in [0.05, 0.1) is 4.88 Å². The average molecular weight is 239 g/mol. The van der Waals surface area contributed by atoms with Crippen LogP contribution >= 0.6 is 11.3 Å². The van der Waals surface area contributed by atoms with Crippen molar-refractivity contribution >= 4 is 17.2 Å². The Morgan fingerprint density at radius 2 is 2.44 bits per heavy atom. The highest BCUT2D eigenvalue weighted by Crippen LogP contribution is 2.22. The molecule has 0 aliphatic carbocycles. The van der Waals surface area contributed by atoms with Crippen molar-refractivity contribution in [2.75, 3.05) is 19.7 Å². The molecule has 16 heavy (non-hydrogen) atoms. The molecule has 0 bridgehead atoms. The third-order valence-corrected chi connectivity index (χ3v) is 4.27. The predicted octanol–water partition coefficient (Wildman–Crippen LogP) is 1.76. The number of carbonyl (C=O) groups is 1. The van der Waals surface area contributed by atoms with E-state index in [0.717, 1.165) is 24.3 Å². The maximum absolute atomic E-state index is 12.1. The monoisotopic (exact) mass is 239 g/mol. The number of aliphatic hydroxyl groups is 1. The van der Waals surface area contributed by atoms with Crippen molar-refractivity contribution in [3.8, 4) is 0 Å². The molecule has 1 unspecified atom stereocenters. The molecule has 2 rings (SSSR count). The first-order valence-corrected chi connectivity index (χ1v) is 6.55. The highest BCUT2D eigenvalue weighted by atomic mass is 32.1. The molecule has 0 radical (unpaired) electrons. The van der Waals surface area contributed by atoms with E-state index in [0.29, 0.717) is 6.54 Å². The molecular weight excluding hydrogens is 222 g/mol. The number of hydrogen-bond acceptors (Lipinski definition) is 3. The summed E-state index contributed by atoms with van der Waals surface area (Å²) in [7, 11) is 0. The summed E-state index contributed by atoms with van der Waals surface area (Å²) in [5.41, 5.74) is 0. The fourth-order valence-electron chi connectivity index (χ4n) is 2.00. The van der Waals surface area contributed by atoms with Crippen LogP contribution < -0.4 is 0 Å².